The van der Waals surface area contributed by atoms with E-state index in [-0.39, 0.29) is 16.6 Å². The van der Waals surface area contributed by atoms with Gasteiger partial charge < -0.3 is 4.74 Å². The molecule has 0 rings (SSSR count). The monoisotopic (exact) mass is 290 g/mol. The van der Waals surface area contributed by atoms with Gasteiger partial charge in [0, 0.05) is 0 Å². The highest BCUT2D eigenvalue weighted by atomic mass is 28.3. The molecule has 0 saturated carbocycles. The molecule has 0 radical (unpaired) electrons. The normalized spacial score (nSPS) is 12.6. The minimum absolute atomic E-state index is 0.244. The van der Waals surface area contributed by atoms with Crippen LogP contribution in [-0.4, -0.2) is 27.1 Å². The van der Waals surface area contributed by atoms with Gasteiger partial charge in [-0.15, -0.1) is 5.54 Å². The maximum absolute atomic E-state index is 13.5. The van der Waals surface area contributed by atoms with Gasteiger partial charge in [0.1, 0.15) is 8.07 Å². The Hall–Kier alpha value is -0.893. The van der Waals surface area contributed by atoms with Gasteiger partial charge in [-0.1, -0.05) is 41.5 Å². The van der Waals surface area contributed by atoms with Crippen molar-refractivity contribution < 1.29 is 18.3 Å². The van der Waals surface area contributed by atoms with Crippen molar-refractivity contribution in [2.45, 2.75) is 64.1 Å². The summed E-state index contributed by atoms with van der Waals surface area (Å²) in [4.78, 5) is 11.0. The Morgan fingerprint density at radius 1 is 1.05 bits per heavy atom. The van der Waals surface area contributed by atoms with E-state index in [9.17, 15) is 13.6 Å². The Bertz CT molecular complexity index is 357. The zero-order valence-electron chi connectivity index (χ0n) is 12.8. The summed E-state index contributed by atoms with van der Waals surface area (Å²) >= 11 is 0. The fourth-order valence-corrected chi connectivity index (χ4v) is 8.04. The molecular weight excluding hydrogens is 266 g/mol. The first-order valence-corrected chi connectivity index (χ1v) is 8.76. The number of ether oxygens (including phenoxy) is 1. The van der Waals surface area contributed by atoms with E-state index in [1.807, 2.05) is 47.5 Å². The molecule has 0 spiro atoms. The van der Waals surface area contributed by atoms with Crippen molar-refractivity contribution in [3.8, 4) is 11.5 Å². The minimum Gasteiger partial charge on any atom is -0.464 e. The summed E-state index contributed by atoms with van der Waals surface area (Å²) in [5.41, 5.74) is 3.56. The molecule has 0 N–H and O–H groups in total. The molecule has 0 aliphatic carbocycles. The van der Waals surface area contributed by atoms with Crippen LogP contribution >= 0.6 is 0 Å². The Kier molecular flexibility index (Phi) is 6.21. The maximum Gasteiger partial charge on any atom is 0.402 e. The van der Waals surface area contributed by atoms with Gasteiger partial charge >= 0.3 is 11.9 Å². The number of methoxy groups -OCH3 is 1. The van der Waals surface area contributed by atoms with Crippen molar-refractivity contribution in [2.75, 3.05) is 7.11 Å². The molecule has 2 nitrogen and oxygen atoms in total. The smallest absolute Gasteiger partial charge is 0.402 e. The molecule has 0 fully saturated rings. The van der Waals surface area contributed by atoms with Gasteiger partial charge in [-0.3, -0.25) is 0 Å². The third kappa shape index (κ3) is 3.79. The highest BCUT2D eigenvalue weighted by molar-refractivity contribution is 6.90. The number of alkyl halides is 2. The lowest BCUT2D eigenvalue weighted by molar-refractivity contribution is -0.160. The molecule has 0 amide bonds. The number of hydrogen-bond acceptors (Lipinski definition) is 2. The lowest BCUT2D eigenvalue weighted by Crippen LogP contribution is -2.44. The van der Waals surface area contributed by atoms with E-state index in [1.54, 1.807) is 0 Å². The van der Waals surface area contributed by atoms with Gasteiger partial charge in [-0.25, -0.2) is 4.79 Å². The van der Waals surface area contributed by atoms with Crippen LogP contribution in [0, 0.1) is 11.5 Å². The Balaban J connectivity index is 5.67. The molecule has 0 aliphatic rings. The van der Waals surface area contributed by atoms with Crippen molar-refractivity contribution in [3.05, 3.63) is 0 Å². The van der Waals surface area contributed by atoms with Crippen LogP contribution in [-0.2, 0) is 9.53 Å². The SMILES string of the molecule is COC(=O)C(F)(F)C#C[Si](C(C)C)(C(C)C)C(C)C. The van der Waals surface area contributed by atoms with E-state index in [2.05, 4.69) is 10.3 Å². The first kappa shape index (κ1) is 18.1. The van der Waals surface area contributed by atoms with Crippen LogP contribution in [0.3, 0.4) is 0 Å². The Morgan fingerprint density at radius 3 is 1.68 bits per heavy atom. The second-order valence-electron chi connectivity index (χ2n) is 5.71. The number of carbonyl (C=O) groups is 1. The summed E-state index contributed by atoms with van der Waals surface area (Å²) in [7, 11) is -1.30. The molecule has 0 saturated heterocycles. The Morgan fingerprint density at radius 2 is 1.42 bits per heavy atom. The van der Waals surface area contributed by atoms with Crippen LogP contribution in [0.2, 0.25) is 16.6 Å². The molecule has 5 heteroatoms. The lowest BCUT2D eigenvalue weighted by Gasteiger charge is -2.38. The van der Waals surface area contributed by atoms with E-state index in [0.29, 0.717) is 0 Å². The maximum atomic E-state index is 13.5. The molecule has 0 heterocycles. The van der Waals surface area contributed by atoms with E-state index in [4.69, 9.17) is 0 Å². The topological polar surface area (TPSA) is 26.3 Å². The van der Waals surface area contributed by atoms with Gasteiger partial charge in [0.2, 0.25) is 0 Å². The zero-order valence-corrected chi connectivity index (χ0v) is 13.8. The molecule has 0 bridgehead atoms. The minimum atomic E-state index is -3.72. The number of halogens is 2. The quantitative estimate of drug-likeness (QED) is 0.444. The average Bonchev–Trinajstić information content (AvgIpc) is 2.26. The lowest BCUT2D eigenvalue weighted by atomic mass is 10.4. The number of rotatable bonds is 4. The first-order valence-electron chi connectivity index (χ1n) is 6.52. The largest absolute Gasteiger partial charge is 0.464 e. The third-order valence-electron chi connectivity index (χ3n) is 3.74. The number of carbonyl (C=O) groups excluding carboxylic acids is 1. The van der Waals surface area contributed by atoms with Crippen molar-refractivity contribution in [1.82, 2.24) is 0 Å². The van der Waals surface area contributed by atoms with Gasteiger partial charge in [0.25, 0.3) is 0 Å². The number of hydrogen-bond donors (Lipinski definition) is 0. The first-order chi connectivity index (χ1) is 8.52. The molecular formula is C14H24F2O2Si. The number of esters is 1. The van der Waals surface area contributed by atoms with Crippen LogP contribution in [0.1, 0.15) is 41.5 Å². The summed E-state index contributed by atoms with van der Waals surface area (Å²) < 4.78 is 31.1. The van der Waals surface area contributed by atoms with E-state index >= 15 is 0 Å². The molecule has 0 aliphatic heterocycles. The van der Waals surface area contributed by atoms with Crippen LogP contribution in [0.5, 0.6) is 0 Å². The molecule has 0 aromatic carbocycles. The van der Waals surface area contributed by atoms with Crippen LogP contribution in [0.25, 0.3) is 0 Å². The van der Waals surface area contributed by atoms with Crippen molar-refractivity contribution in [1.29, 1.82) is 0 Å². The van der Waals surface area contributed by atoms with Crippen LogP contribution in [0.15, 0.2) is 0 Å². The highest BCUT2D eigenvalue weighted by Gasteiger charge is 2.44. The molecule has 19 heavy (non-hydrogen) atoms. The molecule has 0 aromatic heterocycles. The predicted molar refractivity (Wildman–Crippen MR) is 75.8 cm³/mol. The molecule has 0 unspecified atom stereocenters. The average molecular weight is 290 g/mol. The van der Waals surface area contributed by atoms with Gasteiger partial charge in [-0.05, 0) is 22.5 Å². The molecule has 110 valence electrons. The summed E-state index contributed by atoms with van der Waals surface area (Å²) in [6.07, 6.45) is 0. The highest BCUT2D eigenvalue weighted by Crippen LogP contribution is 2.41. The summed E-state index contributed by atoms with van der Waals surface area (Å²) in [5.74, 6) is -3.40. The van der Waals surface area contributed by atoms with E-state index < -0.39 is 20.0 Å². The van der Waals surface area contributed by atoms with E-state index in [0.717, 1.165) is 7.11 Å². The fraction of sp³-hybridized carbons (Fsp3) is 0.786. The van der Waals surface area contributed by atoms with Gasteiger partial charge in [0.15, 0.2) is 0 Å². The Labute approximate surface area is 115 Å². The third-order valence-corrected chi connectivity index (χ3v) is 10.0. The zero-order chi connectivity index (χ0) is 15.4. The van der Waals surface area contributed by atoms with Gasteiger partial charge in [-0.2, -0.15) is 8.78 Å². The standard InChI is InChI=1S/C14H24F2O2Si/c1-10(2)19(11(3)4,12(5)6)9-8-14(15,16)13(17)18-7/h10-12H,1-7H3. The second kappa shape index (κ2) is 6.51. The summed E-state index contributed by atoms with van der Waals surface area (Å²) in [6, 6.07) is 0. The second-order valence-corrected chi connectivity index (χ2v) is 11.3. The van der Waals surface area contributed by atoms with E-state index in [1.165, 1.54) is 0 Å². The fourth-order valence-electron chi connectivity index (χ4n) is 2.80. The summed E-state index contributed by atoms with van der Waals surface area (Å²) in [6.45, 7) is 12.1. The van der Waals surface area contributed by atoms with Crippen LogP contribution < -0.4 is 0 Å². The van der Waals surface area contributed by atoms with Crippen molar-refractivity contribution >= 4 is 14.0 Å². The van der Waals surface area contributed by atoms with Crippen LogP contribution in [0.4, 0.5) is 8.78 Å². The molecule has 0 atom stereocenters. The molecule has 0 aromatic rings. The summed E-state index contributed by atoms with van der Waals surface area (Å²) in [5, 5.41) is 0. The van der Waals surface area contributed by atoms with Crippen molar-refractivity contribution in [3.63, 3.8) is 0 Å². The predicted octanol–water partition coefficient (Wildman–Crippen LogP) is 4.02. The van der Waals surface area contributed by atoms with Crippen molar-refractivity contribution in [2.24, 2.45) is 0 Å². The van der Waals surface area contributed by atoms with Gasteiger partial charge in [0.05, 0.1) is 7.11 Å².